The Kier molecular flexibility index (Phi) is 6.58. The summed E-state index contributed by atoms with van der Waals surface area (Å²) in [5.41, 5.74) is 0.593. The van der Waals surface area contributed by atoms with Gasteiger partial charge in [-0.15, -0.1) is 0 Å². The second kappa shape index (κ2) is 7.73. The Hall–Kier alpha value is -1.17. The molecule has 1 N–H and O–H groups in total. The van der Waals surface area contributed by atoms with Crippen LogP contribution in [-0.4, -0.2) is 29.4 Å². The first-order valence-electron chi connectivity index (χ1n) is 5.87. The zero-order valence-corrected chi connectivity index (χ0v) is 13.6. The molecule has 1 aromatic rings. The van der Waals surface area contributed by atoms with Gasteiger partial charge >= 0.3 is 5.97 Å². The van der Waals surface area contributed by atoms with Crippen LogP contribution in [0.5, 0.6) is 5.75 Å². The number of halogens is 3. The fourth-order valence-corrected chi connectivity index (χ4v) is 2.06. The molecule has 0 radical (unpaired) electrons. The molecule has 0 saturated carbocycles. The van der Waals surface area contributed by atoms with Gasteiger partial charge in [-0.25, -0.2) is 4.79 Å². The first-order chi connectivity index (χ1) is 9.74. The van der Waals surface area contributed by atoms with Gasteiger partial charge in [-0.05, 0) is 17.7 Å². The van der Waals surface area contributed by atoms with E-state index in [4.69, 9.17) is 39.5 Å². The topological polar surface area (TPSA) is 64.6 Å². The summed E-state index contributed by atoms with van der Waals surface area (Å²) in [6, 6.07) is 5.67. The highest BCUT2D eigenvalue weighted by atomic mass is 35.6. The summed E-state index contributed by atoms with van der Waals surface area (Å²) in [5.74, 6) is -0.358. The highest BCUT2D eigenvalue weighted by molar-refractivity contribution is 6.68. The summed E-state index contributed by atoms with van der Waals surface area (Å²) in [5, 5.41) is 2.57. The number of hydrogen-bond acceptors (Lipinski definition) is 4. The molecule has 5 nitrogen and oxygen atoms in total. The van der Waals surface area contributed by atoms with Crippen molar-refractivity contribution in [3.8, 4) is 5.75 Å². The van der Waals surface area contributed by atoms with Crippen LogP contribution in [0.2, 0.25) is 0 Å². The van der Waals surface area contributed by atoms with Gasteiger partial charge in [0.1, 0.15) is 11.8 Å². The number of nitrogens with one attached hydrogen (secondary N) is 1. The van der Waals surface area contributed by atoms with E-state index in [1.165, 1.54) is 14.0 Å². The third-order valence-corrected chi connectivity index (χ3v) is 3.13. The average Bonchev–Trinajstić information content (AvgIpc) is 2.41. The molecule has 1 amide bonds. The average molecular weight is 355 g/mol. The van der Waals surface area contributed by atoms with E-state index in [9.17, 15) is 9.59 Å². The highest BCUT2D eigenvalue weighted by Crippen LogP contribution is 2.40. The SMILES string of the molecule is COC(=O)COc1ccc(C(NC(C)=O)C(Cl)(Cl)Cl)cc1. The van der Waals surface area contributed by atoms with Crippen LogP contribution >= 0.6 is 34.8 Å². The zero-order chi connectivity index (χ0) is 16.0. The summed E-state index contributed by atoms with van der Waals surface area (Å²) in [4.78, 5) is 22.2. The lowest BCUT2D eigenvalue weighted by Gasteiger charge is -2.25. The lowest BCUT2D eigenvalue weighted by molar-refractivity contribution is -0.142. The van der Waals surface area contributed by atoms with E-state index in [0.717, 1.165) is 0 Å². The van der Waals surface area contributed by atoms with Crippen molar-refractivity contribution in [2.45, 2.75) is 16.8 Å². The van der Waals surface area contributed by atoms with E-state index in [-0.39, 0.29) is 12.5 Å². The molecule has 116 valence electrons. The van der Waals surface area contributed by atoms with Crippen LogP contribution in [-0.2, 0) is 14.3 Å². The van der Waals surface area contributed by atoms with Gasteiger partial charge in [-0.1, -0.05) is 46.9 Å². The minimum absolute atomic E-state index is 0.199. The number of carbonyl (C=O) groups excluding carboxylic acids is 2. The molecule has 1 rings (SSSR count). The van der Waals surface area contributed by atoms with E-state index in [1.54, 1.807) is 24.3 Å². The van der Waals surface area contributed by atoms with Crippen LogP contribution in [0.1, 0.15) is 18.5 Å². The molecule has 0 saturated heterocycles. The Labute approximate surface area is 137 Å². The van der Waals surface area contributed by atoms with Gasteiger partial charge in [0, 0.05) is 6.92 Å². The number of hydrogen-bond donors (Lipinski definition) is 1. The van der Waals surface area contributed by atoms with Gasteiger partial charge in [0.15, 0.2) is 6.61 Å². The highest BCUT2D eigenvalue weighted by Gasteiger charge is 2.34. The van der Waals surface area contributed by atoms with Gasteiger partial charge in [-0.2, -0.15) is 0 Å². The predicted molar refractivity (Wildman–Crippen MR) is 80.8 cm³/mol. The lowest BCUT2D eigenvalue weighted by Crippen LogP contribution is -2.35. The largest absolute Gasteiger partial charge is 0.482 e. The molecule has 0 bridgehead atoms. The van der Waals surface area contributed by atoms with Crippen LogP contribution in [0.3, 0.4) is 0 Å². The smallest absolute Gasteiger partial charge is 0.343 e. The van der Waals surface area contributed by atoms with Crippen molar-refractivity contribution in [1.29, 1.82) is 0 Å². The summed E-state index contributed by atoms with van der Waals surface area (Å²) in [7, 11) is 1.27. The van der Waals surface area contributed by atoms with Gasteiger partial charge in [0.25, 0.3) is 0 Å². The van der Waals surface area contributed by atoms with Crippen molar-refractivity contribution in [3.05, 3.63) is 29.8 Å². The second-order valence-corrected chi connectivity index (χ2v) is 6.48. The van der Waals surface area contributed by atoms with Gasteiger partial charge in [0.2, 0.25) is 9.70 Å². The summed E-state index contributed by atoms with van der Waals surface area (Å²) in [6.45, 7) is 1.13. The molecule has 1 unspecified atom stereocenters. The molecule has 0 aliphatic heterocycles. The molecule has 0 fully saturated rings. The van der Waals surface area contributed by atoms with Crippen LogP contribution in [0, 0.1) is 0 Å². The molecule has 0 spiro atoms. The number of ether oxygens (including phenoxy) is 2. The van der Waals surface area contributed by atoms with E-state index in [1.807, 2.05) is 0 Å². The Morgan fingerprint density at radius 1 is 1.24 bits per heavy atom. The molecular weight excluding hydrogens is 341 g/mol. The molecule has 21 heavy (non-hydrogen) atoms. The normalized spacial score (nSPS) is 12.4. The van der Waals surface area contributed by atoms with Crippen molar-refractivity contribution in [3.63, 3.8) is 0 Å². The third kappa shape index (κ3) is 5.99. The summed E-state index contributed by atoms with van der Waals surface area (Å²) in [6.07, 6.45) is 0. The van der Waals surface area contributed by atoms with E-state index in [0.29, 0.717) is 11.3 Å². The van der Waals surface area contributed by atoms with Crippen molar-refractivity contribution in [2.24, 2.45) is 0 Å². The minimum Gasteiger partial charge on any atom is -0.482 e. The molecule has 0 aliphatic rings. The lowest BCUT2D eigenvalue weighted by atomic mass is 10.1. The maximum absolute atomic E-state index is 11.2. The number of amides is 1. The first kappa shape index (κ1) is 17.9. The maximum Gasteiger partial charge on any atom is 0.343 e. The zero-order valence-electron chi connectivity index (χ0n) is 11.4. The van der Waals surface area contributed by atoms with E-state index >= 15 is 0 Å². The van der Waals surface area contributed by atoms with Crippen LogP contribution < -0.4 is 10.1 Å². The molecule has 0 aromatic heterocycles. The number of carbonyl (C=O) groups is 2. The summed E-state index contributed by atoms with van der Waals surface area (Å²) < 4.78 is 7.96. The van der Waals surface area contributed by atoms with Crippen molar-refractivity contribution < 1.29 is 19.1 Å². The molecular formula is C13H14Cl3NO4. The standard InChI is InChI=1S/C13H14Cl3NO4/c1-8(18)17-12(13(14,15)16)9-3-5-10(6-4-9)21-7-11(19)20-2/h3-6,12H,7H2,1-2H3,(H,17,18). The molecule has 0 heterocycles. The maximum atomic E-state index is 11.2. The van der Waals surface area contributed by atoms with E-state index < -0.39 is 15.8 Å². The van der Waals surface area contributed by atoms with E-state index in [2.05, 4.69) is 10.1 Å². The molecule has 1 atom stereocenters. The number of rotatable bonds is 5. The van der Waals surface area contributed by atoms with Crippen LogP contribution in [0.25, 0.3) is 0 Å². The molecule has 0 aliphatic carbocycles. The summed E-state index contributed by atoms with van der Waals surface area (Å²) >= 11 is 17.6. The molecule has 1 aromatic carbocycles. The number of esters is 1. The van der Waals surface area contributed by atoms with Crippen molar-refractivity contribution in [1.82, 2.24) is 5.32 Å². The van der Waals surface area contributed by atoms with Crippen molar-refractivity contribution in [2.75, 3.05) is 13.7 Å². The van der Waals surface area contributed by atoms with Crippen molar-refractivity contribution >= 4 is 46.7 Å². The second-order valence-electron chi connectivity index (χ2n) is 4.11. The van der Waals surface area contributed by atoms with Crippen LogP contribution in [0.15, 0.2) is 24.3 Å². The molecule has 8 heteroatoms. The van der Waals surface area contributed by atoms with Gasteiger partial charge in [-0.3, -0.25) is 4.79 Å². The fourth-order valence-electron chi connectivity index (χ4n) is 1.52. The monoisotopic (exact) mass is 353 g/mol. The minimum atomic E-state index is -1.69. The Bertz CT molecular complexity index is 499. The number of methoxy groups -OCH3 is 1. The number of alkyl halides is 3. The third-order valence-electron chi connectivity index (χ3n) is 2.47. The Morgan fingerprint density at radius 3 is 2.24 bits per heavy atom. The Morgan fingerprint density at radius 2 is 1.81 bits per heavy atom. The van der Waals surface area contributed by atoms with Gasteiger partial charge < -0.3 is 14.8 Å². The van der Waals surface area contributed by atoms with Crippen LogP contribution in [0.4, 0.5) is 0 Å². The number of benzene rings is 1. The predicted octanol–water partition coefficient (Wildman–Crippen LogP) is 2.79. The first-order valence-corrected chi connectivity index (χ1v) is 7.01. The quantitative estimate of drug-likeness (QED) is 0.652. The fraction of sp³-hybridized carbons (Fsp3) is 0.385. The Balaban J connectivity index is 2.83. The van der Waals surface area contributed by atoms with Gasteiger partial charge in [0.05, 0.1) is 7.11 Å².